The highest BCUT2D eigenvalue weighted by molar-refractivity contribution is 5.52. The molecule has 1 aromatic carbocycles. The van der Waals surface area contributed by atoms with Gasteiger partial charge in [0, 0.05) is 30.8 Å². The molecule has 0 saturated heterocycles. The van der Waals surface area contributed by atoms with Crippen LogP contribution in [0.1, 0.15) is 19.3 Å². The molecule has 0 aliphatic heterocycles. The van der Waals surface area contributed by atoms with E-state index in [1.54, 1.807) is 0 Å². The predicted octanol–water partition coefficient (Wildman–Crippen LogP) is -8.17. The second-order valence-corrected chi connectivity index (χ2v) is 6.31. The summed E-state index contributed by atoms with van der Waals surface area (Å²) in [4.78, 5) is 2.24. The Morgan fingerprint density at radius 2 is 1.61 bits per heavy atom. The summed E-state index contributed by atoms with van der Waals surface area (Å²) < 4.78 is 4.13. The van der Waals surface area contributed by atoms with Gasteiger partial charge in [0.2, 0.25) is 0 Å². The third kappa shape index (κ3) is 9.13. The van der Waals surface area contributed by atoms with Crippen LogP contribution >= 0.6 is 0 Å². The van der Waals surface area contributed by atoms with Crippen molar-refractivity contribution in [1.82, 2.24) is 4.57 Å². The van der Waals surface area contributed by atoms with Crippen LogP contribution < -0.4 is 71.9 Å². The van der Waals surface area contributed by atoms with E-state index < -0.39 is 0 Å². The van der Waals surface area contributed by atoms with E-state index >= 15 is 0 Å². The lowest BCUT2D eigenvalue weighted by Gasteiger charge is -2.18. The van der Waals surface area contributed by atoms with E-state index in [2.05, 4.69) is 56.5 Å². The topological polar surface area (TPSA) is 92.0 Å². The molecule has 0 bridgehead atoms. The number of rotatable bonds is 10. The number of azo groups is 1. The molecule has 6 N–H and O–H groups in total. The number of aromatic nitrogens is 2. The first-order chi connectivity index (χ1) is 12.2. The van der Waals surface area contributed by atoms with Gasteiger partial charge in [-0.2, -0.15) is 0 Å². The molecule has 0 spiro atoms. The van der Waals surface area contributed by atoms with Crippen molar-refractivity contribution in [2.24, 2.45) is 17.3 Å². The van der Waals surface area contributed by atoms with Crippen molar-refractivity contribution in [1.29, 1.82) is 0 Å². The molecule has 2 rings (SSSR count). The highest BCUT2D eigenvalue weighted by Gasteiger charge is 2.14. The maximum Gasteiger partial charge on any atom is 0.421 e. The summed E-state index contributed by atoms with van der Waals surface area (Å²) in [6, 6.07) is 8.20. The number of imidazole rings is 1. The fourth-order valence-corrected chi connectivity index (χ4v) is 2.63. The van der Waals surface area contributed by atoms with Crippen LogP contribution in [0, 0.1) is 0 Å². The van der Waals surface area contributed by atoms with Crippen LogP contribution in [0.5, 0.6) is 0 Å². The average Bonchev–Trinajstić information content (AvgIpc) is 2.98. The van der Waals surface area contributed by atoms with E-state index in [1.165, 1.54) is 5.69 Å². The number of hydrogen-bond acceptors (Lipinski definition) is 3. The molecule has 0 fully saturated rings. The van der Waals surface area contributed by atoms with Gasteiger partial charge in [-0.25, -0.2) is 9.13 Å². The van der Waals surface area contributed by atoms with E-state index in [0.29, 0.717) is 0 Å². The zero-order valence-corrected chi connectivity index (χ0v) is 21.5. The van der Waals surface area contributed by atoms with Crippen molar-refractivity contribution in [3.63, 3.8) is 0 Å². The van der Waals surface area contributed by atoms with E-state index in [0.717, 1.165) is 57.1 Å². The van der Waals surface area contributed by atoms with Crippen molar-refractivity contribution in [3.05, 3.63) is 36.7 Å². The summed E-state index contributed by atoms with van der Waals surface area (Å²) in [5.74, 6) is 0.862. The quantitative estimate of drug-likeness (QED) is 0.162. The lowest BCUT2D eigenvalue weighted by molar-refractivity contribution is -0.657. The maximum absolute atomic E-state index is 4.45. The normalized spacial score (nSPS) is 10.1. The number of unbranched alkanes of at least 4 members (excludes halogenated alkanes) is 1. The third-order valence-corrected chi connectivity index (χ3v) is 4.23. The molecule has 28 heavy (non-hydrogen) atoms. The smallest absolute Gasteiger partial charge is 0.421 e. The van der Waals surface area contributed by atoms with Gasteiger partial charge in [-0.05, 0) is 37.1 Å². The van der Waals surface area contributed by atoms with Crippen molar-refractivity contribution in [2.75, 3.05) is 31.6 Å². The van der Waals surface area contributed by atoms with Gasteiger partial charge in [0.15, 0.2) is 0 Å². The average molecular weight is 586 g/mol. The number of nitrogens with zero attached hydrogens (tertiary/aromatic N) is 5. The molecule has 0 atom stereocenters. The fraction of sp³-hybridized carbons (Fsp3) is 0.500. The van der Waals surface area contributed by atoms with Crippen LogP contribution in [0.25, 0.3) is 0 Å². The Kier molecular flexibility index (Phi) is 16.8. The molecule has 160 valence electrons. The van der Waals surface area contributed by atoms with Gasteiger partial charge in [-0.1, -0.05) is 5.11 Å². The monoisotopic (exact) mass is 583 g/mol. The Bertz CT molecular complexity index is 674. The van der Waals surface area contributed by atoms with Gasteiger partial charge in [-0.3, -0.25) is 0 Å². The molecule has 7 nitrogen and oxygen atoms in total. The zero-order valence-electron chi connectivity index (χ0n) is 16.7. The first-order valence-electron chi connectivity index (χ1n) is 9.02. The highest BCUT2D eigenvalue weighted by atomic mass is 79.9. The number of anilines is 1. The van der Waals surface area contributed by atoms with Gasteiger partial charge in [0.1, 0.15) is 5.69 Å². The van der Waals surface area contributed by atoms with Crippen molar-refractivity contribution >= 4 is 17.3 Å². The Morgan fingerprint density at radius 1 is 0.964 bits per heavy atom. The minimum absolute atomic E-state index is 0. The highest BCUT2D eigenvalue weighted by Crippen LogP contribution is 2.21. The third-order valence-electron chi connectivity index (χ3n) is 4.23. The van der Waals surface area contributed by atoms with E-state index in [4.69, 9.17) is 0 Å². The lowest BCUT2D eigenvalue weighted by Crippen LogP contribution is -3.00. The number of hydrogen-bond donors (Lipinski definition) is 2. The summed E-state index contributed by atoms with van der Waals surface area (Å²) in [6.45, 7) is 3.89. The maximum atomic E-state index is 4.45. The SMILES string of the molecule is CN(CCC[NH3+])c1ccc(N=Nc2n(CCCC[NH3+])cc[n+]2C)cc1.[Br-].[Br-].[Br-]. The fourth-order valence-electron chi connectivity index (χ4n) is 2.63. The molecule has 10 heteroatoms. The van der Waals surface area contributed by atoms with E-state index in [1.807, 2.05) is 29.9 Å². The van der Waals surface area contributed by atoms with Crippen LogP contribution in [-0.4, -0.2) is 31.2 Å². The first kappa shape index (κ1) is 29.4. The standard InChI is InChI=1S/C18H30N7.3BrH/c1-23(12-5-11-20)17-8-6-16(7-9-17)21-22-18-24(2)14-15-25(18)13-4-3-10-19;;;/h6-9,14-15H,3-5,10-13,19-20H2,1-2H3;3*1H/q+1;;;/p-1. The Balaban J connectivity index is 0. The van der Waals surface area contributed by atoms with Crippen molar-refractivity contribution in [3.8, 4) is 0 Å². The summed E-state index contributed by atoms with van der Waals surface area (Å²) in [5, 5.41) is 8.86. The van der Waals surface area contributed by atoms with E-state index in [-0.39, 0.29) is 50.9 Å². The van der Waals surface area contributed by atoms with Gasteiger partial charge < -0.3 is 67.3 Å². The van der Waals surface area contributed by atoms with Gasteiger partial charge in [0.25, 0.3) is 0 Å². The molecule has 0 aliphatic carbocycles. The molecule has 0 unspecified atom stereocenters. The Morgan fingerprint density at radius 3 is 2.21 bits per heavy atom. The van der Waals surface area contributed by atoms with E-state index in [9.17, 15) is 0 Å². The second kappa shape index (κ2) is 16.0. The van der Waals surface area contributed by atoms with Crippen molar-refractivity contribution < 1.29 is 67.0 Å². The predicted molar refractivity (Wildman–Crippen MR) is 98.9 cm³/mol. The van der Waals surface area contributed by atoms with Crippen LogP contribution in [-0.2, 0) is 13.6 Å². The minimum atomic E-state index is 0. The van der Waals surface area contributed by atoms with Gasteiger partial charge in [0.05, 0.1) is 39.1 Å². The number of halogens is 3. The van der Waals surface area contributed by atoms with Crippen LogP contribution in [0.15, 0.2) is 46.9 Å². The number of aryl methyl sites for hydroxylation is 2. The molecule has 0 aliphatic rings. The Labute approximate surface area is 199 Å². The summed E-state index contributed by atoms with van der Waals surface area (Å²) in [5.41, 5.74) is 9.83. The summed E-state index contributed by atoms with van der Waals surface area (Å²) in [7, 11) is 4.10. The molecular formula is C18H32Br3N7. The number of benzene rings is 1. The zero-order chi connectivity index (χ0) is 18.1. The Hall–Kier alpha value is -0.810. The summed E-state index contributed by atoms with van der Waals surface area (Å²) in [6.07, 6.45) is 7.40. The van der Waals surface area contributed by atoms with Crippen molar-refractivity contribution in [2.45, 2.75) is 25.8 Å². The molecule has 2 aromatic rings. The molecule has 0 radical (unpaired) electrons. The minimum Gasteiger partial charge on any atom is -1.00 e. The molecular weight excluding hydrogens is 554 g/mol. The second-order valence-electron chi connectivity index (χ2n) is 6.31. The summed E-state index contributed by atoms with van der Waals surface area (Å²) >= 11 is 0. The van der Waals surface area contributed by atoms with Crippen LogP contribution in [0.3, 0.4) is 0 Å². The first-order valence-corrected chi connectivity index (χ1v) is 9.02. The molecule has 1 aromatic heterocycles. The molecule has 0 saturated carbocycles. The van der Waals surface area contributed by atoms with Crippen LogP contribution in [0.2, 0.25) is 0 Å². The molecule has 0 amide bonds. The van der Waals surface area contributed by atoms with Crippen LogP contribution in [0.4, 0.5) is 17.3 Å². The number of quaternary nitrogens is 2. The lowest BCUT2D eigenvalue weighted by atomic mass is 10.2. The van der Waals surface area contributed by atoms with Gasteiger partial charge in [-0.15, -0.1) is 0 Å². The van der Waals surface area contributed by atoms with Gasteiger partial charge >= 0.3 is 5.95 Å². The largest absolute Gasteiger partial charge is 1.00 e. The molecule has 1 heterocycles.